The molecule has 0 radical (unpaired) electrons. The van der Waals surface area contributed by atoms with E-state index < -0.39 is 22.0 Å². The van der Waals surface area contributed by atoms with Crippen molar-refractivity contribution in [3.63, 3.8) is 0 Å². The van der Waals surface area contributed by atoms with Crippen molar-refractivity contribution in [2.75, 3.05) is 20.2 Å². The van der Waals surface area contributed by atoms with E-state index in [0.717, 1.165) is 11.3 Å². The van der Waals surface area contributed by atoms with Gasteiger partial charge in [0.25, 0.3) is 0 Å². The molecule has 1 amide bonds. The lowest BCUT2D eigenvalue weighted by Crippen LogP contribution is -2.46. The number of nitrogens with zero attached hydrogens (tertiary/aromatic N) is 2. The number of methoxy groups -OCH3 is 1. The fourth-order valence-electron chi connectivity index (χ4n) is 4.05. The van der Waals surface area contributed by atoms with Gasteiger partial charge in [-0.25, -0.2) is 8.42 Å². The highest BCUT2D eigenvalue weighted by Crippen LogP contribution is 2.27. The number of nitrogens with one attached hydrogen (secondary N) is 1. The molecular formula is C25H27N3O4S. The number of ether oxygens (including phenoxy) is 1. The summed E-state index contributed by atoms with van der Waals surface area (Å²) in [7, 11) is -2.17. The molecule has 0 aliphatic carbocycles. The molecule has 1 aromatic heterocycles. The Bertz CT molecular complexity index is 1130. The van der Waals surface area contributed by atoms with Crippen LogP contribution in [0, 0.1) is 5.92 Å². The molecule has 0 spiro atoms. The highest BCUT2D eigenvalue weighted by Gasteiger charge is 2.34. The highest BCUT2D eigenvalue weighted by atomic mass is 32.2. The molecule has 1 aliphatic heterocycles. The third-order valence-corrected chi connectivity index (χ3v) is 7.73. The number of sulfonamides is 1. The van der Waals surface area contributed by atoms with Crippen LogP contribution in [0.4, 0.5) is 0 Å². The minimum Gasteiger partial charge on any atom is -0.497 e. The summed E-state index contributed by atoms with van der Waals surface area (Å²) in [6.45, 7) is 0.532. The Hall–Kier alpha value is -3.23. The van der Waals surface area contributed by atoms with Gasteiger partial charge in [0.05, 0.1) is 29.7 Å². The fourth-order valence-corrected chi connectivity index (χ4v) is 5.58. The van der Waals surface area contributed by atoms with E-state index in [1.165, 1.54) is 23.5 Å². The van der Waals surface area contributed by atoms with Crippen LogP contribution in [0.2, 0.25) is 0 Å². The summed E-state index contributed by atoms with van der Waals surface area (Å²) in [4.78, 5) is 17.9. The van der Waals surface area contributed by atoms with Gasteiger partial charge in [-0.15, -0.1) is 0 Å². The first-order chi connectivity index (χ1) is 16.0. The Labute approximate surface area is 194 Å². The monoisotopic (exact) mass is 465 g/mol. The first-order valence-electron chi connectivity index (χ1n) is 10.9. The molecule has 2 aromatic carbocycles. The maximum absolute atomic E-state index is 13.3. The van der Waals surface area contributed by atoms with Crippen molar-refractivity contribution < 1.29 is 17.9 Å². The Morgan fingerprint density at radius 3 is 2.45 bits per heavy atom. The minimum atomic E-state index is -3.70. The van der Waals surface area contributed by atoms with Gasteiger partial charge in [0.1, 0.15) is 5.75 Å². The number of hydrogen-bond acceptors (Lipinski definition) is 5. The molecule has 7 nitrogen and oxygen atoms in total. The average molecular weight is 466 g/mol. The van der Waals surface area contributed by atoms with E-state index in [4.69, 9.17) is 4.74 Å². The van der Waals surface area contributed by atoms with Crippen LogP contribution in [-0.4, -0.2) is 43.8 Å². The highest BCUT2D eigenvalue weighted by molar-refractivity contribution is 7.89. The van der Waals surface area contributed by atoms with Gasteiger partial charge in [0.15, 0.2) is 0 Å². The molecule has 172 valence electrons. The summed E-state index contributed by atoms with van der Waals surface area (Å²) < 4.78 is 32.9. The van der Waals surface area contributed by atoms with Gasteiger partial charge in [-0.2, -0.15) is 4.31 Å². The molecule has 1 fully saturated rings. The van der Waals surface area contributed by atoms with Crippen LogP contribution in [-0.2, 0) is 14.8 Å². The second-order valence-electron chi connectivity index (χ2n) is 7.98. The number of benzene rings is 2. The van der Waals surface area contributed by atoms with Crippen LogP contribution in [0.5, 0.6) is 5.75 Å². The van der Waals surface area contributed by atoms with Crippen molar-refractivity contribution in [3.8, 4) is 5.75 Å². The summed E-state index contributed by atoms with van der Waals surface area (Å²) in [6.07, 6.45) is 2.94. The Morgan fingerprint density at radius 2 is 1.79 bits per heavy atom. The number of carbonyl (C=O) groups is 1. The van der Waals surface area contributed by atoms with Crippen LogP contribution < -0.4 is 10.1 Å². The molecule has 1 aliphatic rings. The van der Waals surface area contributed by atoms with Crippen LogP contribution in [0.1, 0.15) is 30.1 Å². The van der Waals surface area contributed by atoms with E-state index in [0.29, 0.717) is 25.1 Å². The molecule has 33 heavy (non-hydrogen) atoms. The quantitative estimate of drug-likeness (QED) is 0.578. The SMILES string of the molecule is COc1ccc(S(=O)(=O)N2CCCC(C(=O)NC(c3ccccc3)c3ccccn3)C2)cc1. The maximum Gasteiger partial charge on any atom is 0.243 e. The molecule has 1 saturated heterocycles. The van der Waals surface area contributed by atoms with E-state index in [2.05, 4.69) is 10.3 Å². The van der Waals surface area contributed by atoms with Gasteiger partial charge < -0.3 is 10.1 Å². The standard InChI is InChI=1S/C25H27N3O4S/c1-32-21-12-14-22(15-13-21)33(30,31)28-17-7-10-20(18-28)25(29)27-24(19-8-3-2-4-9-19)23-11-5-6-16-26-23/h2-6,8-9,11-16,20,24H,7,10,17-18H2,1H3,(H,27,29). The summed E-state index contributed by atoms with van der Waals surface area (Å²) >= 11 is 0. The zero-order valence-corrected chi connectivity index (χ0v) is 19.2. The second kappa shape index (κ2) is 10.1. The molecule has 0 bridgehead atoms. The number of aromatic nitrogens is 1. The lowest BCUT2D eigenvalue weighted by atomic mass is 9.96. The van der Waals surface area contributed by atoms with E-state index in [9.17, 15) is 13.2 Å². The minimum absolute atomic E-state index is 0.143. The lowest BCUT2D eigenvalue weighted by Gasteiger charge is -2.32. The van der Waals surface area contributed by atoms with Crippen molar-refractivity contribution in [3.05, 3.63) is 90.3 Å². The van der Waals surface area contributed by atoms with E-state index in [1.54, 1.807) is 18.3 Å². The first-order valence-corrected chi connectivity index (χ1v) is 12.3. The summed E-state index contributed by atoms with van der Waals surface area (Å²) in [6, 6.07) is 21.1. The van der Waals surface area contributed by atoms with E-state index in [1.807, 2.05) is 48.5 Å². The maximum atomic E-state index is 13.3. The molecule has 2 heterocycles. The molecule has 1 N–H and O–H groups in total. The van der Waals surface area contributed by atoms with Crippen molar-refractivity contribution >= 4 is 15.9 Å². The molecule has 4 rings (SSSR count). The topological polar surface area (TPSA) is 88.6 Å². The van der Waals surface area contributed by atoms with Gasteiger partial charge in [-0.05, 0) is 54.8 Å². The zero-order chi connectivity index (χ0) is 23.3. The van der Waals surface area contributed by atoms with Gasteiger partial charge in [-0.1, -0.05) is 36.4 Å². The number of carbonyl (C=O) groups excluding carboxylic acids is 1. The largest absolute Gasteiger partial charge is 0.497 e. The number of pyridine rings is 1. The Morgan fingerprint density at radius 1 is 1.06 bits per heavy atom. The first kappa shape index (κ1) is 22.9. The molecular weight excluding hydrogens is 438 g/mol. The third kappa shape index (κ3) is 5.23. The number of amides is 1. The van der Waals surface area contributed by atoms with Crippen molar-refractivity contribution in [2.45, 2.75) is 23.8 Å². The second-order valence-corrected chi connectivity index (χ2v) is 9.92. The molecule has 0 saturated carbocycles. The number of hydrogen-bond donors (Lipinski definition) is 1. The average Bonchev–Trinajstić information content (AvgIpc) is 2.88. The summed E-state index contributed by atoms with van der Waals surface area (Å²) in [5, 5.41) is 3.11. The molecule has 2 atom stereocenters. The third-order valence-electron chi connectivity index (χ3n) is 5.86. The number of rotatable bonds is 7. The molecule has 8 heteroatoms. The predicted octanol–water partition coefficient (Wildman–Crippen LogP) is 3.40. The van der Waals surface area contributed by atoms with Gasteiger partial charge in [-0.3, -0.25) is 9.78 Å². The Kier molecular flexibility index (Phi) is 7.05. The molecule has 2 unspecified atom stereocenters. The van der Waals surface area contributed by atoms with Crippen LogP contribution in [0.15, 0.2) is 83.9 Å². The van der Waals surface area contributed by atoms with Crippen LogP contribution in [0.3, 0.4) is 0 Å². The molecule has 3 aromatic rings. The van der Waals surface area contributed by atoms with Gasteiger partial charge >= 0.3 is 0 Å². The summed E-state index contributed by atoms with van der Waals surface area (Å²) in [5.41, 5.74) is 1.65. The summed E-state index contributed by atoms with van der Waals surface area (Å²) in [5.74, 6) is -0.0304. The smallest absolute Gasteiger partial charge is 0.243 e. The zero-order valence-electron chi connectivity index (χ0n) is 18.4. The van der Waals surface area contributed by atoms with Crippen LogP contribution in [0.25, 0.3) is 0 Å². The van der Waals surface area contributed by atoms with Crippen LogP contribution >= 0.6 is 0 Å². The van der Waals surface area contributed by atoms with Crippen molar-refractivity contribution in [1.29, 1.82) is 0 Å². The lowest BCUT2D eigenvalue weighted by molar-refractivity contribution is -0.126. The van der Waals surface area contributed by atoms with Crippen molar-refractivity contribution in [1.82, 2.24) is 14.6 Å². The van der Waals surface area contributed by atoms with Crippen molar-refractivity contribution in [2.24, 2.45) is 5.92 Å². The fraction of sp³-hybridized carbons (Fsp3) is 0.280. The van der Waals surface area contributed by atoms with E-state index in [-0.39, 0.29) is 17.3 Å². The van der Waals surface area contributed by atoms with Gasteiger partial charge in [0, 0.05) is 19.3 Å². The van der Waals surface area contributed by atoms with E-state index >= 15 is 0 Å². The number of piperidine rings is 1. The Balaban J connectivity index is 1.51. The van der Waals surface area contributed by atoms with Gasteiger partial charge in [0.2, 0.25) is 15.9 Å². The predicted molar refractivity (Wildman–Crippen MR) is 125 cm³/mol. The normalized spacial score (nSPS) is 17.8.